The summed E-state index contributed by atoms with van der Waals surface area (Å²) in [5.41, 5.74) is 1.20. The molecule has 0 aliphatic heterocycles. The summed E-state index contributed by atoms with van der Waals surface area (Å²) in [5.74, 6) is -0.157. The molecular formula is C15H22FNS. The first-order valence-corrected chi connectivity index (χ1v) is 7.89. The van der Waals surface area contributed by atoms with Crippen LogP contribution in [0.25, 0.3) is 0 Å². The van der Waals surface area contributed by atoms with Crippen LogP contribution in [0.2, 0.25) is 0 Å². The Morgan fingerprint density at radius 1 is 1.33 bits per heavy atom. The fraction of sp³-hybridized carbons (Fsp3) is 0.600. The zero-order valence-corrected chi connectivity index (χ0v) is 12.0. The fourth-order valence-electron chi connectivity index (χ4n) is 2.43. The van der Waals surface area contributed by atoms with Crippen LogP contribution in [0.1, 0.15) is 31.7 Å². The molecule has 0 radical (unpaired) electrons. The third-order valence-electron chi connectivity index (χ3n) is 3.93. The van der Waals surface area contributed by atoms with Gasteiger partial charge in [-0.25, -0.2) is 4.39 Å². The summed E-state index contributed by atoms with van der Waals surface area (Å²) in [4.78, 5) is 0. The molecule has 1 saturated carbocycles. The molecule has 0 amide bonds. The van der Waals surface area contributed by atoms with Gasteiger partial charge in [-0.3, -0.25) is 0 Å². The molecule has 0 bridgehead atoms. The zero-order chi connectivity index (χ0) is 13.0. The van der Waals surface area contributed by atoms with Crippen LogP contribution < -0.4 is 5.32 Å². The van der Waals surface area contributed by atoms with Crippen molar-refractivity contribution in [3.05, 3.63) is 35.6 Å². The van der Waals surface area contributed by atoms with E-state index < -0.39 is 0 Å². The predicted octanol–water partition coefficient (Wildman–Crippen LogP) is 3.63. The highest BCUT2D eigenvalue weighted by Gasteiger charge is 2.35. The Morgan fingerprint density at radius 3 is 2.50 bits per heavy atom. The molecule has 0 aromatic heterocycles. The maximum Gasteiger partial charge on any atom is 0.123 e. The van der Waals surface area contributed by atoms with Gasteiger partial charge in [-0.2, -0.15) is 11.8 Å². The molecule has 0 saturated heterocycles. The highest BCUT2D eigenvalue weighted by Crippen LogP contribution is 2.42. The van der Waals surface area contributed by atoms with Crippen molar-refractivity contribution in [3.63, 3.8) is 0 Å². The van der Waals surface area contributed by atoms with Crippen LogP contribution in [-0.4, -0.2) is 23.6 Å². The van der Waals surface area contributed by atoms with E-state index >= 15 is 0 Å². The summed E-state index contributed by atoms with van der Waals surface area (Å²) in [6.45, 7) is 3.30. The highest BCUT2D eigenvalue weighted by atomic mass is 32.2. The van der Waals surface area contributed by atoms with Crippen molar-refractivity contribution >= 4 is 11.8 Å². The van der Waals surface area contributed by atoms with Gasteiger partial charge < -0.3 is 5.32 Å². The summed E-state index contributed by atoms with van der Waals surface area (Å²) in [6, 6.07) is 7.28. The molecule has 0 heterocycles. The van der Waals surface area contributed by atoms with Gasteiger partial charge in [0.15, 0.2) is 0 Å². The largest absolute Gasteiger partial charge is 0.313 e. The summed E-state index contributed by atoms with van der Waals surface area (Å²) < 4.78 is 13.3. The summed E-state index contributed by atoms with van der Waals surface area (Å²) in [7, 11) is 0. The first-order chi connectivity index (χ1) is 8.63. The first-order valence-electron chi connectivity index (χ1n) is 6.66. The normalized spacial score (nSPS) is 19.3. The van der Waals surface area contributed by atoms with Crippen LogP contribution in [0.3, 0.4) is 0 Å². The number of hydrogen-bond donors (Lipinski definition) is 1. The zero-order valence-electron chi connectivity index (χ0n) is 11.2. The average Bonchev–Trinajstić information content (AvgIpc) is 2.31. The van der Waals surface area contributed by atoms with Crippen molar-refractivity contribution in [2.45, 2.75) is 43.4 Å². The van der Waals surface area contributed by atoms with E-state index in [4.69, 9.17) is 0 Å². The molecule has 1 unspecified atom stereocenters. The molecule has 1 fully saturated rings. The molecule has 100 valence electrons. The lowest BCUT2D eigenvalue weighted by molar-refractivity contribution is 0.332. The van der Waals surface area contributed by atoms with Crippen molar-refractivity contribution < 1.29 is 4.39 Å². The Morgan fingerprint density at radius 2 is 2.00 bits per heavy atom. The van der Waals surface area contributed by atoms with Crippen molar-refractivity contribution in [2.75, 3.05) is 12.8 Å². The van der Waals surface area contributed by atoms with E-state index in [9.17, 15) is 4.39 Å². The van der Waals surface area contributed by atoms with Crippen LogP contribution >= 0.6 is 11.8 Å². The SMILES string of the molecule is CSC1(CNC(C)Cc2ccc(F)cc2)CCC1. The van der Waals surface area contributed by atoms with Gasteiger partial charge in [0.25, 0.3) is 0 Å². The van der Waals surface area contributed by atoms with Gasteiger partial charge in [0.05, 0.1) is 0 Å². The molecule has 1 N–H and O–H groups in total. The van der Waals surface area contributed by atoms with E-state index in [2.05, 4.69) is 18.5 Å². The summed E-state index contributed by atoms with van der Waals surface area (Å²) >= 11 is 2.00. The first kappa shape index (κ1) is 13.9. The predicted molar refractivity (Wildman–Crippen MR) is 77.7 cm³/mol. The Labute approximate surface area is 114 Å². The van der Waals surface area contributed by atoms with Crippen LogP contribution in [0.4, 0.5) is 4.39 Å². The Hall–Kier alpha value is -0.540. The molecule has 18 heavy (non-hydrogen) atoms. The second kappa shape index (κ2) is 6.07. The average molecular weight is 267 g/mol. The molecule has 1 nitrogen and oxygen atoms in total. The van der Waals surface area contributed by atoms with E-state index in [0.717, 1.165) is 13.0 Å². The number of halogens is 1. The van der Waals surface area contributed by atoms with E-state index in [1.54, 1.807) is 0 Å². The molecule has 0 spiro atoms. The van der Waals surface area contributed by atoms with E-state index in [-0.39, 0.29) is 5.82 Å². The number of rotatable bonds is 6. The minimum Gasteiger partial charge on any atom is -0.313 e. The monoisotopic (exact) mass is 267 g/mol. The van der Waals surface area contributed by atoms with Crippen LogP contribution in [0.15, 0.2) is 24.3 Å². The summed E-state index contributed by atoms with van der Waals surface area (Å²) in [5, 5.41) is 3.62. The quantitative estimate of drug-likeness (QED) is 0.844. The highest BCUT2D eigenvalue weighted by molar-refractivity contribution is 8.00. The van der Waals surface area contributed by atoms with Crippen molar-refractivity contribution in [1.82, 2.24) is 5.32 Å². The van der Waals surface area contributed by atoms with Crippen molar-refractivity contribution in [3.8, 4) is 0 Å². The maximum absolute atomic E-state index is 12.8. The minimum absolute atomic E-state index is 0.157. The van der Waals surface area contributed by atoms with Crippen molar-refractivity contribution in [2.24, 2.45) is 0 Å². The maximum atomic E-state index is 12.8. The van der Waals surface area contributed by atoms with E-state index in [1.807, 2.05) is 23.9 Å². The van der Waals surface area contributed by atoms with Gasteiger partial charge in [-0.1, -0.05) is 18.6 Å². The third kappa shape index (κ3) is 3.48. The van der Waals surface area contributed by atoms with Gasteiger partial charge in [-0.05, 0) is 50.1 Å². The Kier molecular flexibility index (Phi) is 4.68. The molecule has 1 aliphatic carbocycles. The van der Waals surface area contributed by atoms with Gasteiger partial charge in [0.2, 0.25) is 0 Å². The van der Waals surface area contributed by atoms with Crippen LogP contribution in [-0.2, 0) is 6.42 Å². The van der Waals surface area contributed by atoms with Gasteiger partial charge in [0.1, 0.15) is 5.82 Å². The third-order valence-corrected chi connectivity index (χ3v) is 5.34. The molecule has 1 aromatic rings. The smallest absolute Gasteiger partial charge is 0.123 e. The number of thioether (sulfide) groups is 1. The van der Waals surface area contributed by atoms with Crippen LogP contribution in [0, 0.1) is 5.82 Å². The summed E-state index contributed by atoms with van der Waals surface area (Å²) in [6.07, 6.45) is 7.22. The molecule has 1 aliphatic rings. The second-order valence-electron chi connectivity index (χ2n) is 5.35. The minimum atomic E-state index is -0.157. The van der Waals surface area contributed by atoms with Crippen LogP contribution in [0.5, 0.6) is 0 Å². The Bertz CT molecular complexity index is 367. The van der Waals surface area contributed by atoms with E-state index in [0.29, 0.717) is 10.8 Å². The molecule has 1 atom stereocenters. The fourth-order valence-corrected chi connectivity index (χ4v) is 3.36. The lowest BCUT2D eigenvalue weighted by atomic mass is 9.84. The van der Waals surface area contributed by atoms with Gasteiger partial charge >= 0.3 is 0 Å². The van der Waals surface area contributed by atoms with Gasteiger partial charge in [-0.15, -0.1) is 0 Å². The second-order valence-corrected chi connectivity index (χ2v) is 6.63. The van der Waals surface area contributed by atoms with Crippen molar-refractivity contribution in [1.29, 1.82) is 0 Å². The number of benzene rings is 1. The number of hydrogen-bond acceptors (Lipinski definition) is 2. The topological polar surface area (TPSA) is 12.0 Å². The lowest BCUT2D eigenvalue weighted by Gasteiger charge is -2.41. The Balaban J connectivity index is 1.78. The standard InChI is InChI=1S/C15H22FNS/c1-12(10-13-4-6-14(16)7-5-13)17-11-15(18-2)8-3-9-15/h4-7,12,17H,3,8-11H2,1-2H3. The molecule has 2 rings (SSSR count). The molecule has 1 aromatic carbocycles. The molecule has 3 heteroatoms. The molecular weight excluding hydrogens is 245 g/mol. The van der Waals surface area contributed by atoms with Gasteiger partial charge in [0, 0.05) is 17.3 Å². The lowest BCUT2D eigenvalue weighted by Crippen LogP contribution is -2.46. The van der Waals surface area contributed by atoms with E-state index in [1.165, 1.54) is 37.0 Å². The number of nitrogens with one attached hydrogen (secondary N) is 1.